The zero-order chi connectivity index (χ0) is 11.9. The Labute approximate surface area is 109 Å². The first-order valence-electron chi connectivity index (χ1n) is 6.73. The molecule has 1 aliphatic rings. The molecule has 1 saturated carbocycles. The predicted octanol–water partition coefficient (Wildman–Crippen LogP) is 3.95. The van der Waals surface area contributed by atoms with Crippen LogP contribution in [0.15, 0.2) is 35.2 Å². The number of hydrogen-bond donors (Lipinski definition) is 1. The van der Waals surface area contributed by atoms with Crippen LogP contribution >= 0.6 is 11.8 Å². The summed E-state index contributed by atoms with van der Waals surface area (Å²) in [6.45, 7) is 0. The van der Waals surface area contributed by atoms with E-state index in [0.717, 1.165) is 5.92 Å². The molecule has 1 aromatic rings. The second-order valence-electron chi connectivity index (χ2n) is 5.00. The summed E-state index contributed by atoms with van der Waals surface area (Å²) < 4.78 is 0. The van der Waals surface area contributed by atoms with Crippen LogP contribution in [0.3, 0.4) is 0 Å². The predicted molar refractivity (Wildman–Crippen MR) is 76.6 cm³/mol. The van der Waals surface area contributed by atoms with Crippen LogP contribution in [0.25, 0.3) is 0 Å². The highest BCUT2D eigenvalue weighted by molar-refractivity contribution is 7.99. The molecular weight excluding hydrogens is 226 g/mol. The highest BCUT2D eigenvalue weighted by Crippen LogP contribution is 2.30. The van der Waals surface area contributed by atoms with Crippen molar-refractivity contribution < 1.29 is 0 Å². The Morgan fingerprint density at radius 1 is 1.24 bits per heavy atom. The molecule has 0 spiro atoms. The number of nitrogens with one attached hydrogen (secondary N) is 1. The van der Waals surface area contributed by atoms with E-state index in [9.17, 15) is 0 Å². The molecule has 2 rings (SSSR count). The van der Waals surface area contributed by atoms with Crippen molar-refractivity contribution in [2.24, 2.45) is 5.92 Å². The molecule has 1 N–H and O–H groups in total. The second-order valence-corrected chi connectivity index (χ2v) is 6.09. The Balaban J connectivity index is 1.75. The van der Waals surface area contributed by atoms with Gasteiger partial charge in [-0.3, -0.25) is 0 Å². The molecule has 1 atom stereocenters. The van der Waals surface area contributed by atoms with E-state index in [1.54, 1.807) is 0 Å². The molecule has 0 saturated heterocycles. The van der Waals surface area contributed by atoms with Crippen LogP contribution in [-0.4, -0.2) is 18.8 Å². The minimum Gasteiger partial charge on any atom is -0.316 e. The third kappa shape index (κ3) is 4.36. The topological polar surface area (TPSA) is 12.0 Å². The molecule has 0 radical (unpaired) electrons. The highest BCUT2D eigenvalue weighted by Gasteiger charge is 2.19. The maximum absolute atomic E-state index is 3.48. The molecule has 1 aliphatic carbocycles. The third-order valence-corrected chi connectivity index (χ3v) is 4.87. The summed E-state index contributed by atoms with van der Waals surface area (Å²) in [4.78, 5) is 1.39. The van der Waals surface area contributed by atoms with Gasteiger partial charge in [0, 0.05) is 16.7 Å². The molecule has 94 valence electrons. The zero-order valence-corrected chi connectivity index (χ0v) is 11.5. The van der Waals surface area contributed by atoms with Gasteiger partial charge in [0.2, 0.25) is 0 Å². The Morgan fingerprint density at radius 3 is 2.59 bits per heavy atom. The number of benzene rings is 1. The van der Waals surface area contributed by atoms with Crippen LogP contribution in [0.1, 0.15) is 32.1 Å². The van der Waals surface area contributed by atoms with Crippen molar-refractivity contribution in [2.75, 3.05) is 12.8 Å². The quantitative estimate of drug-likeness (QED) is 0.766. The smallest absolute Gasteiger partial charge is 0.0161 e. The first kappa shape index (κ1) is 13.0. The molecule has 0 aliphatic heterocycles. The number of hydrogen-bond acceptors (Lipinski definition) is 2. The zero-order valence-electron chi connectivity index (χ0n) is 10.7. The molecule has 1 nitrogen and oxygen atoms in total. The molecule has 17 heavy (non-hydrogen) atoms. The van der Waals surface area contributed by atoms with Gasteiger partial charge in [-0.25, -0.2) is 0 Å². The first-order chi connectivity index (χ1) is 8.38. The number of rotatable bonds is 6. The molecule has 0 bridgehead atoms. The van der Waals surface area contributed by atoms with E-state index in [1.807, 2.05) is 11.8 Å². The minimum atomic E-state index is 0.670. The first-order valence-corrected chi connectivity index (χ1v) is 7.72. The van der Waals surface area contributed by atoms with Crippen LogP contribution < -0.4 is 5.32 Å². The molecule has 0 amide bonds. The summed E-state index contributed by atoms with van der Waals surface area (Å²) in [6, 6.07) is 11.4. The lowest BCUT2D eigenvalue weighted by molar-refractivity contribution is 0.427. The van der Waals surface area contributed by atoms with Gasteiger partial charge in [-0.1, -0.05) is 43.9 Å². The van der Waals surface area contributed by atoms with Gasteiger partial charge >= 0.3 is 0 Å². The second kappa shape index (κ2) is 7.07. The minimum absolute atomic E-state index is 0.670. The molecule has 0 aromatic heterocycles. The third-order valence-electron chi connectivity index (χ3n) is 3.70. The molecule has 1 fully saturated rings. The monoisotopic (exact) mass is 249 g/mol. The van der Waals surface area contributed by atoms with Crippen molar-refractivity contribution >= 4 is 11.8 Å². The summed E-state index contributed by atoms with van der Waals surface area (Å²) >= 11 is 1.97. The van der Waals surface area contributed by atoms with E-state index in [2.05, 4.69) is 42.7 Å². The molecule has 2 heteroatoms. The van der Waals surface area contributed by atoms with Crippen molar-refractivity contribution in [1.29, 1.82) is 0 Å². The number of thioether (sulfide) groups is 1. The van der Waals surface area contributed by atoms with Crippen LogP contribution in [0.5, 0.6) is 0 Å². The fraction of sp³-hybridized carbons (Fsp3) is 0.600. The van der Waals surface area contributed by atoms with Gasteiger partial charge in [-0.2, -0.15) is 0 Å². The van der Waals surface area contributed by atoms with Gasteiger partial charge in [-0.15, -0.1) is 11.8 Å². The van der Waals surface area contributed by atoms with Crippen LogP contribution in [0.2, 0.25) is 0 Å². The average Bonchev–Trinajstić information content (AvgIpc) is 2.88. The normalized spacial score (nSPS) is 18.4. The van der Waals surface area contributed by atoms with E-state index in [4.69, 9.17) is 0 Å². The standard InChI is InChI=1S/C15H23NS/c1-16-14(11-13-7-5-6-8-13)12-17-15-9-3-2-4-10-15/h2-4,9-10,13-14,16H,5-8,11-12H2,1H3. The Kier molecular flexibility index (Phi) is 5.40. The van der Waals surface area contributed by atoms with Crippen LogP contribution in [0, 0.1) is 5.92 Å². The molecule has 1 aromatic carbocycles. The van der Waals surface area contributed by atoms with Gasteiger partial charge in [0.1, 0.15) is 0 Å². The SMILES string of the molecule is CNC(CSc1ccccc1)CC1CCCC1. The Hall–Kier alpha value is -0.470. The average molecular weight is 249 g/mol. The van der Waals surface area contributed by atoms with Crippen molar-refractivity contribution in [3.63, 3.8) is 0 Å². The van der Waals surface area contributed by atoms with E-state index in [-0.39, 0.29) is 0 Å². The lowest BCUT2D eigenvalue weighted by Gasteiger charge is -2.19. The van der Waals surface area contributed by atoms with Crippen LogP contribution in [0.4, 0.5) is 0 Å². The van der Waals surface area contributed by atoms with Crippen molar-refractivity contribution in [1.82, 2.24) is 5.32 Å². The largest absolute Gasteiger partial charge is 0.316 e. The maximum Gasteiger partial charge on any atom is 0.0161 e. The molecular formula is C15H23NS. The molecule has 1 unspecified atom stereocenters. The summed E-state index contributed by atoms with van der Waals surface area (Å²) in [7, 11) is 2.10. The fourth-order valence-electron chi connectivity index (χ4n) is 2.63. The summed E-state index contributed by atoms with van der Waals surface area (Å²) in [5, 5.41) is 3.48. The van der Waals surface area contributed by atoms with Crippen molar-refractivity contribution in [3.8, 4) is 0 Å². The van der Waals surface area contributed by atoms with Crippen molar-refractivity contribution in [2.45, 2.75) is 43.0 Å². The van der Waals surface area contributed by atoms with Gasteiger partial charge in [0.05, 0.1) is 0 Å². The van der Waals surface area contributed by atoms with E-state index in [0.29, 0.717) is 6.04 Å². The van der Waals surface area contributed by atoms with E-state index >= 15 is 0 Å². The summed E-state index contributed by atoms with van der Waals surface area (Å²) in [5.41, 5.74) is 0. The highest BCUT2D eigenvalue weighted by atomic mass is 32.2. The Bertz CT molecular complexity index is 306. The summed E-state index contributed by atoms with van der Waals surface area (Å²) in [6.07, 6.45) is 7.17. The van der Waals surface area contributed by atoms with Gasteiger partial charge < -0.3 is 5.32 Å². The lowest BCUT2D eigenvalue weighted by Crippen LogP contribution is -2.29. The lowest BCUT2D eigenvalue weighted by atomic mass is 9.99. The van der Waals surface area contributed by atoms with Gasteiger partial charge in [0.15, 0.2) is 0 Å². The van der Waals surface area contributed by atoms with E-state index in [1.165, 1.54) is 42.8 Å². The van der Waals surface area contributed by atoms with Gasteiger partial charge in [-0.05, 0) is 31.5 Å². The fourth-order valence-corrected chi connectivity index (χ4v) is 3.68. The van der Waals surface area contributed by atoms with Crippen molar-refractivity contribution in [3.05, 3.63) is 30.3 Å². The summed E-state index contributed by atoms with van der Waals surface area (Å²) in [5.74, 6) is 2.17. The molecule has 0 heterocycles. The van der Waals surface area contributed by atoms with E-state index < -0.39 is 0 Å². The maximum atomic E-state index is 3.48. The Morgan fingerprint density at radius 2 is 1.94 bits per heavy atom. The van der Waals surface area contributed by atoms with Crippen LogP contribution in [-0.2, 0) is 0 Å². The van der Waals surface area contributed by atoms with Gasteiger partial charge in [0.25, 0.3) is 0 Å².